The van der Waals surface area contributed by atoms with Gasteiger partial charge in [0.25, 0.3) is 0 Å². The molecule has 0 spiro atoms. The van der Waals surface area contributed by atoms with Gasteiger partial charge in [0.05, 0.1) is 10.0 Å². The first-order valence-electron chi connectivity index (χ1n) is 5.88. The molecule has 100 valence electrons. The zero-order valence-electron chi connectivity index (χ0n) is 11.3. The van der Waals surface area contributed by atoms with Crippen LogP contribution in [0.3, 0.4) is 0 Å². The Labute approximate surface area is 118 Å². The molecule has 0 aliphatic carbocycles. The van der Waals surface area contributed by atoms with E-state index >= 15 is 0 Å². The van der Waals surface area contributed by atoms with Gasteiger partial charge in [0.2, 0.25) is 0 Å². The molecule has 1 aromatic rings. The molecular weight excluding hydrogens is 271 g/mol. The lowest BCUT2D eigenvalue weighted by Crippen LogP contribution is -2.12. The van der Waals surface area contributed by atoms with Crippen molar-refractivity contribution >= 4 is 34.8 Å². The highest BCUT2D eigenvalue weighted by atomic mass is 35.5. The molecule has 0 N–H and O–H groups in total. The van der Waals surface area contributed by atoms with Crippen molar-refractivity contribution in [3.05, 3.63) is 33.3 Å². The maximum Gasteiger partial charge on any atom is 0.166 e. The van der Waals surface area contributed by atoms with E-state index in [2.05, 4.69) is 0 Å². The Bertz CT molecular complexity index is 451. The number of rotatable bonds is 3. The molecule has 2 nitrogen and oxygen atoms in total. The average Bonchev–Trinajstić information content (AvgIpc) is 2.33. The van der Waals surface area contributed by atoms with Crippen LogP contribution in [-0.4, -0.2) is 11.6 Å². The summed E-state index contributed by atoms with van der Waals surface area (Å²) in [6.07, 6.45) is 0. The predicted molar refractivity (Wildman–Crippen MR) is 77.0 cm³/mol. The summed E-state index contributed by atoms with van der Waals surface area (Å²) in [6, 6.07) is 2.91. The highest BCUT2D eigenvalue weighted by Gasteiger charge is 2.19. The summed E-state index contributed by atoms with van der Waals surface area (Å²) in [4.78, 5) is 23.3. The number of Topliss-reactive ketones (excluding diaryl/α,β-unsaturated/α-hetero) is 2. The molecule has 0 heterocycles. The van der Waals surface area contributed by atoms with Crippen LogP contribution in [0.1, 0.15) is 55.3 Å². The Morgan fingerprint density at radius 2 is 1.39 bits per heavy atom. The largest absolute Gasteiger partial charge is 0.294 e. The number of hydrogen-bond donors (Lipinski definition) is 0. The fraction of sp³-hybridized carbons (Fsp3) is 0.429. The number of carbonyl (C=O) groups is 2. The summed E-state index contributed by atoms with van der Waals surface area (Å²) < 4.78 is 0. The van der Waals surface area contributed by atoms with Crippen LogP contribution in [0, 0.1) is 5.92 Å². The molecule has 18 heavy (non-hydrogen) atoms. The average molecular weight is 289 g/mol. The van der Waals surface area contributed by atoms with Gasteiger partial charge >= 0.3 is 0 Å². The van der Waals surface area contributed by atoms with Crippen LogP contribution < -0.4 is 0 Å². The van der Waals surface area contributed by atoms with Gasteiger partial charge in [0, 0.05) is 17.0 Å². The number of benzene rings is 1. The van der Waals surface area contributed by atoms with Crippen molar-refractivity contribution in [3.63, 3.8) is 0 Å². The SMILES string of the molecule is CC.CC(=O)c1cc(Cl)c(Cl)cc1C(=O)C(C)C. The van der Waals surface area contributed by atoms with E-state index in [1.165, 1.54) is 19.1 Å². The summed E-state index contributed by atoms with van der Waals surface area (Å²) >= 11 is 11.7. The summed E-state index contributed by atoms with van der Waals surface area (Å²) in [7, 11) is 0. The fourth-order valence-electron chi connectivity index (χ4n) is 1.35. The highest BCUT2D eigenvalue weighted by Crippen LogP contribution is 2.27. The topological polar surface area (TPSA) is 34.1 Å². The van der Waals surface area contributed by atoms with Crippen molar-refractivity contribution in [1.82, 2.24) is 0 Å². The molecular formula is C14H18Cl2O2. The van der Waals surface area contributed by atoms with E-state index < -0.39 is 0 Å². The summed E-state index contributed by atoms with van der Waals surface area (Å²) in [5.41, 5.74) is 0.671. The van der Waals surface area contributed by atoms with Crippen LogP contribution >= 0.6 is 23.2 Å². The standard InChI is InChI=1S/C12H12Cl2O2.C2H6/c1-6(2)12(16)9-5-11(14)10(13)4-8(9)7(3)15;1-2/h4-6H,1-3H3;1-2H3. The first kappa shape index (κ1) is 17.1. The molecule has 1 rings (SSSR count). The Morgan fingerprint density at radius 1 is 1.00 bits per heavy atom. The first-order chi connectivity index (χ1) is 8.34. The van der Waals surface area contributed by atoms with E-state index in [1.807, 2.05) is 13.8 Å². The van der Waals surface area contributed by atoms with Gasteiger partial charge in [-0.05, 0) is 19.1 Å². The third-order valence-corrected chi connectivity index (χ3v) is 2.95. The van der Waals surface area contributed by atoms with Crippen LogP contribution in [0.25, 0.3) is 0 Å². The summed E-state index contributed by atoms with van der Waals surface area (Å²) in [5, 5.41) is 0.572. The first-order valence-corrected chi connectivity index (χ1v) is 6.64. The van der Waals surface area contributed by atoms with E-state index in [4.69, 9.17) is 23.2 Å². The molecule has 0 aliphatic rings. The monoisotopic (exact) mass is 288 g/mol. The van der Waals surface area contributed by atoms with Crippen molar-refractivity contribution in [2.45, 2.75) is 34.6 Å². The predicted octanol–water partition coefficient (Wildman–Crippen LogP) is 5.06. The van der Waals surface area contributed by atoms with Crippen molar-refractivity contribution in [2.24, 2.45) is 5.92 Å². The minimum absolute atomic E-state index is 0.108. The lowest BCUT2D eigenvalue weighted by atomic mass is 9.95. The number of hydrogen-bond acceptors (Lipinski definition) is 2. The lowest BCUT2D eigenvalue weighted by molar-refractivity contribution is 0.0927. The van der Waals surface area contributed by atoms with Gasteiger partial charge in [-0.1, -0.05) is 50.9 Å². The molecule has 0 bridgehead atoms. The van der Waals surface area contributed by atoms with Gasteiger partial charge in [-0.15, -0.1) is 0 Å². The molecule has 1 aromatic carbocycles. The second-order valence-electron chi connectivity index (χ2n) is 3.89. The second-order valence-corrected chi connectivity index (χ2v) is 4.70. The zero-order chi connectivity index (χ0) is 14.5. The van der Waals surface area contributed by atoms with Crippen LogP contribution in [0.15, 0.2) is 12.1 Å². The molecule has 0 unspecified atom stereocenters. The van der Waals surface area contributed by atoms with Gasteiger partial charge in [0.1, 0.15) is 0 Å². The fourth-order valence-corrected chi connectivity index (χ4v) is 1.68. The number of carbonyl (C=O) groups excluding carboxylic acids is 2. The molecule has 0 aromatic heterocycles. The van der Waals surface area contributed by atoms with Crippen LogP contribution in [-0.2, 0) is 0 Å². The summed E-state index contributed by atoms with van der Waals surface area (Å²) in [6.45, 7) is 8.94. The molecule has 0 saturated carbocycles. The van der Waals surface area contributed by atoms with E-state index in [9.17, 15) is 9.59 Å². The number of ketones is 2. The van der Waals surface area contributed by atoms with Crippen molar-refractivity contribution in [2.75, 3.05) is 0 Å². The lowest BCUT2D eigenvalue weighted by Gasteiger charge is -2.10. The Hall–Kier alpha value is -0.860. The molecule has 0 amide bonds. The normalized spacial score (nSPS) is 9.78. The molecule has 0 aliphatic heterocycles. The van der Waals surface area contributed by atoms with Crippen LogP contribution in [0.4, 0.5) is 0 Å². The van der Waals surface area contributed by atoms with E-state index in [0.29, 0.717) is 11.1 Å². The van der Waals surface area contributed by atoms with E-state index in [0.717, 1.165) is 0 Å². The number of halogens is 2. The van der Waals surface area contributed by atoms with Crippen molar-refractivity contribution in [1.29, 1.82) is 0 Å². The highest BCUT2D eigenvalue weighted by molar-refractivity contribution is 6.42. The maximum absolute atomic E-state index is 11.9. The Kier molecular flexibility index (Phi) is 7.19. The minimum Gasteiger partial charge on any atom is -0.294 e. The van der Waals surface area contributed by atoms with Gasteiger partial charge in [-0.2, -0.15) is 0 Å². The minimum atomic E-state index is -0.192. The Morgan fingerprint density at radius 3 is 1.72 bits per heavy atom. The van der Waals surface area contributed by atoms with E-state index in [-0.39, 0.29) is 27.5 Å². The van der Waals surface area contributed by atoms with Crippen molar-refractivity contribution in [3.8, 4) is 0 Å². The quantitative estimate of drug-likeness (QED) is 0.729. The molecule has 4 heteroatoms. The van der Waals surface area contributed by atoms with Gasteiger partial charge in [0.15, 0.2) is 11.6 Å². The maximum atomic E-state index is 11.9. The van der Waals surface area contributed by atoms with Gasteiger partial charge in [-0.25, -0.2) is 0 Å². The van der Waals surface area contributed by atoms with Crippen LogP contribution in [0.2, 0.25) is 10.0 Å². The second kappa shape index (κ2) is 7.55. The zero-order valence-corrected chi connectivity index (χ0v) is 12.8. The van der Waals surface area contributed by atoms with Gasteiger partial charge < -0.3 is 0 Å². The summed E-state index contributed by atoms with van der Waals surface area (Å²) in [5.74, 6) is -0.485. The Balaban J connectivity index is 0.00000137. The van der Waals surface area contributed by atoms with Crippen molar-refractivity contribution < 1.29 is 9.59 Å². The van der Waals surface area contributed by atoms with Crippen LogP contribution in [0.5, 0.6) is 0 Å². The molecule has 0 fully saturated rings. The van der Waals surface area contributed by atoms with Gasteiger partial charge in [-0.3, -0.25) is 9.59 Å². The molecule has 0 atom stereocenters. The smallest absolute Gasteiger partial charge is 0.166 e. The van der Waals surface area contributed by atoms with E-state index in [1.54, 1.807) is 13.8 Å². The molecule has 0 radical (unpaired) electrons. The third-order valence-electron chi connectivity index (χ3n) is 2.23. The third kappa shape index (κ3) is 4.11. The molecule has 0 saturated heterocycles.